The van der Waals surface area contributed by atoms with E-state index in [4.69, 9.17) is 4.74 Å². The van der Waals surface area contributed by atoms with Crippen molar-refractivity contribution in [2.75, 3.05) is 12.1 Å². The maximum Gasteiger partial charge on any atom is 0.151 e. The number of rotatable bonds is 4. The van der Waals surface area contributed by atoms with Gasteiger partial charge in [0, 0.05) is 21.8 Å². The van der Waals surface area contributed by atoms with Crippen LogP contribution in [0.3, 0.4) is 0 Å². The molecule has 4 heteroatoms. The molecule has 0 spiro atoms. The Bertz CT molecular complexity index is 791. The van der Waals surface area contributed by atoms with Gasteiger partial charge in [0.05, 0.1) is 7.11 Å². The van der Waals surface area contributed by atoms with Crippen LogP contribution in [0.4, 0.5) is 5.69 Å². The molecule has 4 rings (SSSR count). The number of anilines is 1. The Morgan fingerprint density at radius 1 is 0.962 bits per heavy atom. The number of hydrogen-bond donors (Lipinski definition) is 1. The van der Waals surface area contributed by atoms with Crippen LogP contribution < -0.4 is 9.72 Å². The van der Waals surface area contributed by atoms with E-state index in [9.17, 15) is 0 Å². The zero-order valence-corrected chi connectivity index (χ0v) is 18.1. The summed E-state index contributed by atoms with van der Waals surface area (Å²) in [6, 6.07) is 17.5. The number of nitrogens with one attached hydrogen (secondary N) is 1. The smallest absolute Gasteiger partial charge is 0.151 e. The molecule has 0 aromatic heterocycles. The summed E-state index contributed by atoms with van der Waals surface area (Å²) in [6.07, 6.45) is 0. The van der Waals surface area contributed by atoms with Gasteiger partial charge < -0.3 is 9.72 Å². The Balaban J connectivity index is 1.61. The van der Waals surface area contributed by atoms with E-state index < -0.39 is 8.24 Å². The summed E-state index contributed by atoms with van der Waals surface area (Å²) in [5.74, 6) is 3.12. The molecular formula is C22H29NOSSi. The van der Waals surface area contributed by atoms with Gasteiger partial charge in [-0.1, -0.05) is 45.1 Å². The first-order valence-electron chi connectivity index (χ1n) is 9.60. The Labute approximate surface area is 162 Å². The van der Waals surface area contributed by atoms with Crippen molar-refractivity contribution in [1.29, 1.82) is 0 Å². The Morgan fingerprint density at radius 2 is 1.65 bits per heavy atom. The highest BCUT2D eigenvalue weighted by Gasteiger charge is 2.56. The van der Waals surface area contributed by atoms with Gasteiger partial charge in [-0.25, -0.2) is 0 Å². The van der Waals surface area contributed by atoms with Crippen molar-refractivity contribution in [3.63, 3.8) is 0 Å². The second-order valence-corrected chi connectivity index (χ2v) is 14.0. The van der Waals surface area contributed by atoms with E-state index >= 15 is 0 Å². The molecule has 1 heterocycles. The third kappa shape index (κ3) is 2.87. The van der Waals surface area contributed by atoms with Crippen molar-refractivity contribution in [1.82, 2.24) is 0 Å². The minimum atomic E-state index is -1.68. The number of ether oxygens (including phenoxy) is 1. The van der Waals surface area contributed by atoms with Crippen molar-refractivity contribution in [2.45, 2.75) is 48.5 Å². The fourth-order valence-corrected chi connectivity index (χ4v) is 12.0. The molecule has 1 saturated carbocycles. The minimum absolute atomic E-state index is 0.709. The highest BCUT2D eigenvalue weighted by atomic mass is 32.2. The highest BCUT2D eigenvalue weighted by Crippen LogP contribution is 2.64. The molecule has 0 bridgehead atoms. The molecule has 1 aliphatic carbocycles. The van der Waals surface area contributed by atoms with E-state index in [1.54, 1.807) is 12.7 Å². The lowest BCUT2D eigenvalue weighted by atomic mass is 9.87. The molecule has 2 aromatic carbocycles. The van der Waals surface area contributed by atoms with Gasteiger partial charge in [0.1, 0.15) is 5.75 Å². The predicted molar refractivity (Wildman–Crippen MR) is 115 cm³/mol. The van der Waals surface area contributed by atoms with Crippen LogP contribution in [0.25, 0.3) is 0 Å². The van der Waals surface area contributed by atoms with Crippen LogP contribution in [0.2, 0.25) is 18.6 Å². The summed E-state index contributed by atoms with van der Waals surface area (Å²) in [4.78, 5) is 5.49. The number of thioether (sulfide) groups is 1. The zero-order valence-electron chi connectivity index (χ0n) is 16.3. The lowest BCUT2D eigenvalue weighted by Crippen LogP contribution is -2.46. The Hall–Kier alpha value is -1.39. The van der Waals surface area contributed by atoms with Gasteiger partial charge in [0.2, 0.25) is 0 Å². The SMILES string of the molecule is COc1ccc(N[Si](C)(C)C2C(C)C(C)C3c4ccccc4SC32)cc1. The molecule has 5 unspecified atom stereocenters. The Morgan fingerprint density at radius 3 is 2.35 bits per heavy atom. The summed E-state index contributed by atoms with van der Waals surface area (Å²) < 4.78 is 5.30. The summed E-state index contributed by atoms with van der Waals surface area (Å²) in [5.41, 5.74) is 3.58. The van der Waals surface area contributed by atoms with Crippen molar-refractivity contribution in [3.05, 3.63) is 54.1 Å². The van der Waals surface area contributed by atoms with E-state index in [0.717, 1.165) is 23.1 Å². The molecule has 0 saturated heterocycles. The van der Waals surface area contributed by atoms with Gasteiger partial charge in [0.15, 0.2) is 8.24 Å². The van der Waals surface area contributed by atoms with Gasteiger partial charge in [0.25, 0.3) is 0 Å². The van der Waals surface area contributed by atoms with Gasteiger partial charge in [-0.2, -0.15) is 0 Å². The fourth-order valence-electron chi connectivity index (χ4n) is 5.29. The number of fused-ring (bicyclic) bond motifs is 3. The van der Waals surface area contributed by atoms with E-state index in [2.05, 4.69) is 92.2 Å². The van der Waals surface area contributed by atoms with Gasteiger partial charge in [-0.15, -0.1) is 11.8 Å². The largest absolute Gasteiger partial charge is 0.497 e. The average molecular weight is 384 g/mol. The molecule has 5 atom stereocenters. The fraction of sp³-hybridized carbons (Fsp3) is 0.455. The maximum absolute atomic E-state index is 5.30. The van der Waals surface area contributed by atoms with Crippen LogP contribution in [0.5, 0.6) is 5.75 Å². The topological polar surface area (TPSA) is 21.3 Å². The van der Waals surface area contributed by atoms with E-state index in [1.807, 2.05) is 0 Å². The summed E-state index contributed by atoms with van der Waals surface area (Å²) >= 11 is 2.14. The first-order valence-corrected chi connectivity index (χ1v) is 13.6. The second-order valence-electron chi connectivity index (χ2n) is 8.47. The van der Waals surface area contributed by atoms with Gasteiger partial charge in [-0.3, -0.25) is 0 Å². The van der Waals surface area contributed by atoms with E-state index in [1.165, 1.54) is 10.6 Å². The molecule has 138 valence electrons. The molecular weight excluding hydrogens is 354 g/mol. The van der Waals surface area contributed by atoms with Crippen LogP contribution in [0.15, 0.2) is 53.4 Å². The molecule has 26 heavy (non-hydrogen) atoms. The molecule has 1 aliphatic heterocycles. The summed E-state index contributed by atoms with van der Waals surface area (Å²) in [6.45, 7) is 9.98. The lowest BCUT2D eigenvalue weighted by Gasteiger charge is -2.37. The number of methoxy groups -OCH3 is 1. The third-order valence-corrected chi connectivity index (χ3v) is 11.8. The van der Waals surface area contributed by atoms with Crippen LogP contribution in [-0.4, -0.2) is 20.6 Å². The van der Waals surface area contributed by atoms with Crippen molar-refractivity contribution < 1.29 is 4.74 Å². The van der Waals surface area contributed by atoms with Gasteiger partial charge in [-0.05, 0) is 53.3 Å². The Kier molecular flexibility index (Phi) is 4.60. The first kappa shape index (κ1) is 18.0. The highest BCUT2D eigenvalue weighted by molar-refractivity contribution is 8.00. The van der Waals surface area contributed by atoms with Crippen molar-refractivity contribution in [2.24, 2.45) is 11.8 Å². The molecule has 2 aromatic rings. The van der Waals surface area contributed by atoms with Crippen LogP contribution in [0, 0.1) is 11.8 Å². The van der Waals surface area contributed by atoms with Crippen LogP contribution in [0.1, 0.15) is 25.3 Å². The predicted octanol–water partition coefficient (Wildman–Crippen LogP) is 6.23. The standard InChI is InChI=1S/C22H29NOSSi/c1-14-15(2)22(21-20(14)18-8-6-7-9-19(18)25-21)26(4,5)23-16-10-12-17(24-3)13-11-16/h6-15,20-23H,1-5H3. The molecule has 2 nitrogen and oxygen atoms in total. The average Bonchev–Trinajstić information content (AvgIpc) is 3.10. The van der Waals surface area contributed by atoms with Crippen LogP contribution >= 0.6 is 11.8 Å². The molecule has 0 radical (unpaired) electrons. The molecule has 1 fully saturated rings. The zero-order chi connectivity index (χ0) is 18.5. The number of hydrogen-bond acceptors (Lipinski definition) is 3. The van der Waals surface area contributed by atoms with E-state index in [0.29, 0.717) is 11.2 Å². The van der Waals surface area contributed by atoms with Crippen LogP contribution in [-0.2, 0) is 0 Å². The van der Waals surface area contributed by atoms with Crippen molar-refractivity contribution in [3.8, 4) is 5.75 Å². The molecule has 1 N–H and O–H groups in total. The lowest BCUT2D eigenvalue weighted by molar-refractivity contribution is 0.415. The first-order chi connectivity index (χ1) is 12.4. The normalized spacial score (nSPS) is 30.0. The quantitative estimate of drug-likeness (QED) is 0.633. The molecule has 2 aliphatic rings. The van der Waals surface area contributed by atoms with E-state index in [-0.39, 0.29) is 0 Å². The van der Waals surface area contributed by atoms with Crippen molar-refractivity contribution >= 4 is 25.7 Å². The maximum atomic E-state index is 5.30. The number of benzene rings is 2. The second kappa shape index (κ2) is 6.65. The summed E-state index contributed by atoms with van der Waals surface area (Å²) in [7, 11) is 0.0399. The monoisotopic (exact) mass is 383 g/mol. The minimum Gasteiger partial charge on any atom is -0.497 e. The molecule has 0 amide bonds. The third-order valence-electron chi connectivity index (χ3n) is 6.60. The summed E-state index contributed by atoms with van der Waals surface area (Å²) in [5, 5.41) is 0.713. The van der Waals surface area contributed by atoms with Gasteiger partial charge >= 0.3 is 0 Å².